The van der Waals surface area contributed by atoms with Crippen LogP contribution in [0.15, 0.2) is 29.3 Å². The summed E-state index contributed by atoms with van der Waals surface area (Å²) in [6.45, 7) is 12.9. The molecule has 8 heteroatoms. The van der Waals surface area contributed by atoms with Crippen molar-refractivity contribution < 1.29 is 9.47 Å². The lowest BCUT2D eigenvalue weighted by Gasteiger charge is -2.10. The number of hydrogen-bond acceptors (Lipinski definition) is 5. The van der Waals surface area contributed by atoms with Crippen molar-refractivity contribution in [1.82, 2.24) is 15.6 Å². The summed E-state index contributed by atoms with van der Waals surface area (Å²) in [7, 11) is 0. The van der Waals surface area contributed by atoms with E-state index in [-0.39, 0.29) is 24.0 Å². The van der Waals surface area contributed by atoms with Crippen LogP contribution in [0.1, 0.15) is 40.6 Å². The van der Waals surface area contributed by atoms with Crippen LogP contribution < -0.4 is 10.6 Å². The Hall–Kier alpha value is -1.23. The third kappa shape index (κ3) is 9.88. The molecule has 0 unspecified atom stereocenters. The summed E-state index contributed by atoms with van der Waals surface area (Å²) in [5, 5.41) is 7.73. The van der Waals surface area contributed by atoms with E-state index in [0.29, 0.717) is 32.9 Å². The van der Waals surface area contributed by atoms with Crippen LogP contribution in [0.2, 0.25) is 0 Å². The molecule has 0 atom stereocenters. The van der Waals surface area contributed by atoms with E-state index in [1.165, 1.54) is 4.88 Å². The first-order valence-corrected chi connectivity index (χ1v) is 10.6. The highest BCUT2D eigenvalue weighted by Crippen LogP contribution is 2.16. The summed E-state index contributed by atoms with van der Waals surface area (Å²) in [5.74, 6) is 0.798. The Balaban J connectivity index is 0.00000420. The molecular formula is C21H33IN4O2S. The van der Waals surface area contributed by atoms with E-state index in [1.807, 2.05) is 19.9 Å². The molecule has 0 aliphatic rings. The number of thiazole rings is 1. The minimum atomic E-state index is 0. The van der Waals surface area contributed by atoms with Crippen LogP contribution in [0.5, 0.6) is 0 Å². The van der Waals surface area contributed by atoms with Crippen LogP contribution in [0.3, 0.4) is 0 Å². The van der Waals surface area contributed by atoms with Gasteiger partial charge in [-0.25, -0.2) is 9.98 Å². The van der Waals surface area contributed by atoms with Gasteiger partial charge in [0.2, 0.25) is 0 Å². The van der Waals surface area contributed by atoms with E-state index >= 15 is 0 Å². The number of aromatic nitrogens is 1. The largest absolute Gasteiger partial charge is 0.379 e. The van der Waals surface area contributed by atoms with Crippen LogP contribution in [0.25, 0.3) is 0 Å². The topological polar surface area (TPSA) is 67.8 Å². The highest BCUT2D eigenvalue weighted by atomic mass is 127. The second-order valence-corrected chi connectivity index (χ2v) is 7.66. The average Bonchev–Trinajstić information content (AvgIpc) is 3.02. The molecule has 1 heterocycles. The predicted octanol–water partition coefficient (Wildman–Crippen LogP) is 4.19. The molecule has 0 bridgehead atoms. The van der Waals surface area contributed by atoms with Gasteiger partial charge in [0.1, 0.15) is 5.01 Å². The number of aliphatic imine (C=N–C) groups is 1. The molecule has 0 spiro atoms. The van der Waals surface area contributed by atoms with Crippen molar-refractivity contribution in [2.24, 2.45) is 4.99 Å². The number of nitrogens with zero attached hydrogens (tertiary/aromatic N) is 2. The summed E-state index contributed by atoms with van der Waals surface area (Å²) < 4.78 is 10.9. The minimum absolute atomic E-state index is 0. The molecule has 0 saturated heterocycles. The number of aryl methyl sites for hydroxylation is 2. The Kier molecular flexibility index (Phi) is 13.1. The first-order valence-electron chi connectivity index (χ1n) is 9.80. The Morgan fingerprint density at radius 2 is 1.86 bits per heavy atom. The zero-order valence-electron chi connectivity index (χ0n) is 17.8. The number of rotatable bonds is 11. The van der Waals surface area contributed by atoms with Gasteiger partial charge in [0, 0.05) is 18.0 Å². The molecule has 2 aromatic rings. The lowest BCUT2D eigenvalue weighted by molar-refractivity contribution is 0.0453. The molecule has 0 radical (unpaired) electrons. The average molecular weight is 532 g/mol. The Morgan fingerprint density at radius 1 is 1.10 bits per heavy atom. The lowest BCUT2D eigenvalue weighted by atomic mass is 10.1. The lowest BCUT2D eigenvalue weighted by Crippen LogP contribution is -2.36. The van der Waals surface area contributed by atoms with Crippen molar-refractivity contribution in [3.05, 3.63) is 51.0 Å². The second kappa shape index (κ2) is 14.7. The summed E-state index contributed by atoms with van der Waals surface area (Å²) in [5.41, 5.74) is 3.41. The molecule has 0 saturated carbocycles. The summed E-state index contributed by atoms with van der Waals surface area (Å²) in [4.78, 5) is 10.5. The second-order valence-electron chi connectivity index (χ2n) is 6.37. The zero-order chi connectivity index (χ0) is 20.2. The molecule has 6 nitrogen and oxygen atoms in total. The number of benzene rings is 1. The smallest absolute Gasteiger partial charge is 0.191 e. The van der Waals surface area contributed by atoms with Crippen LogP contribution in [-0.2, 0) is 29.2 Å². The van der Waals surface area contributed by atoms with Crippen molar-refractivity contribution in [3.8, 4) is 0 Å². The highest BCUT2D eigenvalue weighted by molar-refractivity contribution is 14.0. The molecule has 1 aromatic carbocycles. The van der Waals surface area contributed by atoms with E-state index in [2.05, 4.69) is 47.7 Å². The van der Waals surface area contributed by atoms with Crippen molar-refractivity contribution in [2.75, 3.05) is 26.4 Å². The van der Waals surface area contributed by atoms with Gasteiger partial charge in [-0.15, -0.1) is 35.3 Å². The summed E-state index contributed by atoms with van der Waals surface area (Å²) in [6, 6.07) is 8.35. The number of ether oxygens (including phenoxy) is 2. The third-order valence-electron chi connectivity index (χ3n) is 4.08. The Labute approximate surface area is 195 Å². The fraction of sp³-hybridized carbons (Fsp3) is 0.524. The van der Waals surface area contributed by atoms with Crippen molar-refractivity contribution in [3.63, 3.8) is 0 Å². The van der Waals surface area contributed by atoms with Gasteiger partial charge in [-0.2, -0.15) is 0 Å². The van der Waals surface area contributed by atoms with Gasteiger partial charge in [0.15, 0.2) is 5.96 Å². The van der Waals surface area contributed by atoms with Crippen molar-refractivity contribution in [1.29, 1.82) is 0 Å². The normalized spacial score (nSPS) is 11.2. The summed E-state index contributed by atoms with van der Waals surface area (Å²) in [6.07, 6.45) is 0. The molecule has 29 heavy (non-hydrogen) atoms. The Bertz CT molecular complexity index is 733. The number of hydrogen-bond donors (Lipinski definition) is 2. The van der Waals surface area contributed by atoms with E-state index in [0.717, 1.165) is 40.9 Å². The van der Waals surface area contributed by atoms with Crippen LogP contribution in [0.4, 0.5) is 0 Å². The number of nitrogens with one attached hydrogen (secondary N) is 2. The maximum Gasteiger partial charge on any atom is 0.191 e. The zero-order valence-corrected chi connectivity index (χ0v) is 20.9. The van der Waals surface area contributed by atoms with E-state index in [4.69, 9.17) is 14.5 Å². The monoisotopic (exact) mass is 532 g/mol. The van der Waals surface area contributed by atoms with Crippen LogP contribution in [-0.4, -0.2) is 37.3 Å². The third-order valence-corrected chi connectivity index (χ3v) is 5.15. The Morgan fingerprint density at radius 3 is 2.55 bits per heavy atom. The van der Waals surface area contributed by atoms with Crippen molar-refractivity contribution in [2.45, 2.75) is 47.4 Å². The predicted molar refractivity (Wildman–Crippen MR) is 131 cm³/mol. The molecule has 1 aromatic heterocycles. The van der Waals surface area contributed by atoms with E-state index < -0.39 is 0 Å². The standard InChI is InChI=1S/C21H32N4O2S.HI/c1-5-22-21(24-14-20-25-16(3)17(4)28-20)23-13-18-8-7-9-19(12-18)15-27-11-10-26-6-2;/h7-9,12H,5-6,10-11,13-15H2,1-4H3,(H2,22,23,24);1H. The van der Waals surface area contributed by atoms with Gasteiger partial charge >= 0.3 is 0 Å². The van der Waals surface area contributed by atoms with Gasteiger partial charge in [-0.3, -0.25) is 0 Å². The molecule has 2 rings (SSSR count). The quantitative estimate of drug-likeness (QED) is 0.197. The molecule has 0 aliphatic carbocycles. The summed E-state index contributed by atoms with van der Waals surface area (Å²) >= 11 is 1.72. The highest BCUT2D eigenvalue weighted by Gasteiger charge is 2.05. The van der Waals surface area contributed by atoms with Gasteiger partial charge < -0.3 is 20.1 Å². The maximum atomic E-state index is 5.65. The van der Waals surface area contributed by atoms with Gasteiger partial charge in [0.05, 0.1) is 38.6 Å². The molecule has 162 valence electrons. The van der Waals surface area contributed by atoms with Gasteiger partial charge in [0.25, 0.3) is 0 Å². The van der Waals surface area contributed by atoms with Gasteiger partial charge in [-0.05, 0) is 38.8 Å². The first kappa shape index (κ1) is 25.8. The first-order chi connectivity index (χ1) is 13.6. The van der Waals surface area contributed by atoms with Crippen LogP contribution >= 0.6 is 35.3 Å². The van der Waals surface area contributed by atoms with Crippen LogP contribution in [0, 0.1) is 13.8 Å². The molecule has 0 amide bonds. The van der Waals surface area contributed by atoms with Gasteiger partial charge in [-0.1, -0.05) is 24.3 Å². The molecule has 0 aliphatic heterocycles. The molecule has 0 fully saturated rings. The van der Waals surface area contributed by atoms with Crippen molar-refractivity contribution >= 4 is 41.3 Å². The molecular weight excluding hydrogens is 499 g/mol. The molecule has 2 N–H and O–H groups in total. The fourth-order valence-electron chi connectivity index (χ4n) is 2.56. The number of guanidine groups is 1. The van der Waals surface area contributed by atoms with E-state index in [1.54, 1.807) is 11.3 Å². The fourth-order valence-corrected chi connectivity index (χ4v) is 3.43. The minimum Gasteiger partial charge on any atom is -0.379 e. The SMILES string of the molecule is CCNC(=NCc1cccc(COCCOCC)c1)NCc1nc(C)c(C)s1.I. The number of halogens is 1. The van der Waals surface area contributed by atoms with E-state index in [9.17, 15) is 0 Å². The maximum absolute atomic E-state index is 5.65.